The normalized spacial score (nSPS) is 10.7. The summed E-state index contributed by atoms with van der Waals surface area (Å²) in [7, 11) is 0. The van der Waals surface area contributed by atoms with Crippen molar-refractivity contribution >= 4 is 41.3 Å². The molecule has 3 aromatic rings. The van der Waals surface area contributed by atoms with Gasteiger partial charge in [-0.1, -0.05) is 23.2 Å². The maximum absolute atomic E-state index is 12.2. The molecule has 0 aliphatic rings. The second kappa shape index (κ2) is 9.30. The fourth-order valence-electron chi connectivity index (χ4n) is 2.38. The van der Waals surface area contributed by atoms with E-state index in [-0.39, 0.29) is 27.6 Å². The first-order chi connectivity index (χ1) is 14.3. The van der Waals surface area contributed by atoms with Crippen molar-refractivity contribution < 1.29 is 24.5 Å². The summed E-state index contributed by atoms with van der Waals surface area (Å²) in [5, 5.41) is 23.3. The highest BCUT2D eigenvalue weighted by Crippen LogP contribution is 2.23. The van der Waals surface area contributed by atoms with Crippen LogP contribution in [0, 0.1) is 0 Å². The monoisotopic (exact) mass is 444 g/mol. The molecule has 0 aliphatic carbocycles. The van der Waals surface area contributed by atoms with Gasteiger partial charge in [-0.15, -0.1) is 0 Å². The van der Waals surface area contributed by atoms with Crippen LogP contribution in [0.25, 0.3) is 0 Å². The van der Waals surface area contributed by atoms with E-state index in [2.05, 4.69) is 10.5 Å². The number of carbonyl (C=O) groups excluding carboxylic acids is 2. The lowest BCUT2D eigenvalue weighted by Crippen LogP contribution is -2.17. The molecule has 0 spiro atoms. The molecule has 3 rings (SSSR count). The highest BCUT2D eigenvalue weighted by molar-refractivity contribution is 6.36. The molecule has 30 heavy (non-hydrogen) atoms. The first kappa shape index (κ1) is 21.2. The minimum absolute atomic E-state index is 0.0342. The zero-order chi connectivity index (χ0) is 21.7. The number of hydrogen-bond acceptors (Lipinski definition) is 6. The standard InChI is InChI=1S/C21H14Cl2N2O5/c22-13-3-7-16(18(23)9-13)21(29)30-15-5-1-12(2-6-15)11-24-25-20(28)17-8-4-14(26)10-19(17)27/h1-11,26-27H,(H,25,28)/b24-11+. The number of ether oxygens (including phenoxy) is 1. The molecule has 0 unspecified atom stereocenters. The van der Waals surface area contributed by atoms with Gasteiger partial charge in [-0.05, 0) is 60.2 Å². The molecule has 0 aliphatic heterocycles. The summed E-state index contributed by atoms with van der Waals surface area (Å²) in [5.41, 5.74) is 3.04. The first-order valence-corrected chi connectivity index (χ1v) is 9.22. The summed E-state index contributed by atoms with van der Waals surface area (Å²) in [6, 6.07) is 14.4. The van der Waals surface area contributed by atoms with E-state index in [9.17, 15) is 19.8 Å². The number of aromatic hydroxyl groups is 2. The van der Waals surface area contributed by atoms with Crippen LogP contribution in [-0.4, -0.2) is 28.3 Å². The smallest absolute Gasteiger partial charge is 0.345 e. The Morgan fingerprint density at radius 1 is 0.933 bits per heavy atom. The van der Waals surface area contributed by atoms with Gasteiger partial charge in [0.2, 0.25) is 0 Å². The Kier molecular flexibility index (Phi) is 6.56. The topological polar surface area (TPSA) is 108 Å². The van der Waals surface area contributed by atoms with Crippen molar-refractivity contribution in [2.45, 2.75) is 0 Å². The van der Waals surface area contributed by atoms with E-state index >= 15 is 0 Å². The van der Waals surface area contributed by atoms with Gasteiger partial charge in [-0.2, -0.15) is 5.10 Å². The number of rotatable bonds is 5. The second-order valence-electron chi connectivity index (χ2n) is 5.98. The van der Waals surface area contributed by atoms with Crippen LogP contribution in [0.5, 0.6) is 17.2 Å². The molecule has 0 saturated carbocycles. The average molecular weight is 445 g/mol. The van der Waals surface area contributed by atoms with E-state index < -0.39 is 11.9 Å². The van der Waals surface area contributed by atoms with E-state index in [4.69, 9.17) is 27.9 Å². The Bertz CT molecular complexity index is 1130. The number of halogens is 2. The molecular formula is C21H14Cl2N2O5. The van der Waals surface area contributed by atoms with Crippen LogP contribution in [-0.2, 0) is 0 Å². The van der Waals surface area contributed by atoms with Gasteiger partial charge in [0.1, 0.15) is 17.2 Å². The van der Waals surface area contributed by atoms with Crippen molar-refractivity contribution in [3.05, 3.63) is 87.4 Å². The molecule has 0 saturated heterocycles. The molecule has 3 N–H and O–H groups in total. The van der Waals surface area contributed by atoms with Crippen molar-refractivity contribution in [3.63, 3.8) is 0 Å². The van der Waals surface area contributed by atoms with Gasteiger partial charge in [0.25, 0.3) is 5.91 Å². The Hall–Kier alpha value is -3.55. The van der Waals surface area contributed by atoms with Gasteiger partial charge in [0.15, 0.2) is 0 Å². The molecule has 7 nitrogen and oxygen atoms in total. The maximum atomic E-state index is 12.2. The van der Waals surface area contributed by atoms with Crippen LogP contribution in [0.4, 0.5) is 0 Å². The highest BCUT2D eigenvalue weighted by Gasteiger charge is 2.13. The van der Waals surface area contributed by atoms with Gasteiger partial charge in [0, 0.05) is 11.1 Å². The minimum atomic E-state index is -0.644. The fraction of sp³-hybridized carbons (Fsp3) is 0. The average Bonchev–Trinajstić information content (AvgIpc) is 2.69. The van der Waals surface area contributed by atoms with Crippen LogP contribution in [0.15, 0.2) is 65.8 Å². The van der Waals surface area contributed by atoms with Crippen molar-refractivity contribution in [1.29, 1.82) is 0 Å². The lowest BCUT2D eigenvalue weighted by atomic mass is 10.2. The Morgan fingerprint density at radius 3 is 2.30 bits per heavy atom. The summed E-state index contributed by atoms with van der Waals surface area (Å²) in [6.07, 6.45) is 1.37. The lowest BCUT2D eigenvalue weighted by molar-refractivity contribution is 0.0734. The summed E-state index contributed by atoms with van der Waals surface area (Å²) >= 11 is 11.8. The van der Waals surface area contributed by atoms with Gasteiger partial charge >= 0.3 is 5.97 Å². The van der Waals surface area contributed by atoms with Crippen LogP contribution in [0.2, 0.25) is 10.0 Å². The van der Waals surface area contributed by atoms with Crippen molar-refractivity contribution in [2.75, 3.05) is 0 Å². The van der Waals surface area contributed by atoms with Gasteiger partial charge < -0.3 is 14.9 Å². The summed E-state index contributed by atoms with van der Waals surface area (Å²) < 4.78 is 5.27. The summed E-state index contributed by atoms with van der Waals surface area (Å²) in [6.45, 7) is 0. The molecule has 1 amide bonds. The van der Waals surface area contributed by atoms with E-state index in [0.29, 0.717) is 16.3 Å². The summed E-state index contributed by atoms with van der Waals surface area (Å²) in [4.78, 5) is 24.2. The number of hydrazone groups is 1. The number of nitrogens with zero attached hydrogens (tertiary/aromatic N) is 1. The first-order valence-electron chi connectivity index (χ1n) is 8.46. The van der Waals surface area contributed by atoms with E-state index in [1.54, 1.807) is 24.3 Å². The third-order valence-electron chi connectivity index (χ3n) is 3.85. The van der Waals surface area contributed by atoms with Gasteiger partial charge in [-0.25, -0.2) is 10.2 Å². The Balaban J connectivity index is 1.60. The highest BCUT2D eigenvalue weighted by atomic mass is 35.5. The number of phenolic OH excluding ortho intramolecular Hbond substituents is 2. The van der Waals surface area contributed by atoms with Gasteiger partial charge in [-0.3, -0.25) is 4.79 Å². The maximum Gasteiger partial charge on any atom is 0.345 e. The molecule has 0 bridgehead atoms. The predicted octanol–water partition coefficient (Wildman–Crippen LogP) is 4.39. The quantitative estimate of drug-likeness (QED) is 0.234. The Labute approximate surface area is 181 Å². The second-order valence-corrected chi connectivity index (χ2v) is 6.83. The molecule has 152 valence electrons. The molecular weight excluding hydrogens is 431 g/mol. The SMILES string of the molecule is O=C(N/N=C/c1ccc(OC(=O)c2ccc(Cl)cc2Cl)cc1)c1ccc(O)cc1O. The minimum Gasteiger partial charge on any atom is -0.508 e. The molecule has 0 aromatic heterocycles. The number of nitrogens with one attached hydrogen (secondary N) is 1. The number of benzene rings is 3. The molecule has 0 heterocycles. The van der Waals surface area contributed by atoms with Crippen LogP contribution in [0.3, 0.4) is 0 Å². The number of hydrogen-bond donors (Lipinski definition) is 3. The molecule has 3 aromatic carbocycles. The van der Waals surface area contributed by atoms with Gasteiger partial charge in [0.05, 0.1) is 22.4 Å². The van der Waals surface area contributed by atoms with Crippen molar-refractivity contribution in [1.82, 2.24) is 5.43 Å². The largest absolute Gasteiger partial charge is 0.508 e. The van der Waals surface area contributed by atoms with Crippen LogP contribution in [0.1, 0.15) is 26.3 Å². The van der Waals surface area contributed by atoms with Crippen LogP contribution >= 0.6 is 23.2 Å². The lowest BCUT2D eigenvalue weighted by Gasteiger charge is -2.06. The molecule has 9 heteroatoms. The molecule has 0 fully saturated rings. The predicted molar refractivity (Wildman–Crippen MR) is 113 cm³/mol. The van der Waals surface area contributed by atoms with E-state index in [1.165, 1.54) is 36.5 Å². The third-order valence-corrected chi connectivity index (χ3v) is 4.40. The Morgan fingerprint density at radius 2 is 1.63 bits per heavy atom. The zero-order valence-corrected chi connectivity index (χ0v) is 16.7. The number of phenols is 2. The number of amides is 1. The van der Waals surface area contributed by atoms with Crippen molar-refractivity contribution in [2.24, 2.45) is 5.10 Å². The summed E-state index contributed by atoms with van der Waals surface area (Å²) in [5.74, 6) is -1.50. The molecule has 0 atom stereocenters. The zero-order valence-electron chi connectivity index (χ0n) is 15.2. The van der Waals surface area contributed by atoms with Crippen molar-refractivity contribution in [3.8, 4) is 17.2 Å². The number of carbonyl (C=O) groups is 2. The van der Waals surface area contributed by atoms with E-state index in [0.717, 1.165) is 6.07 Å². The van der Waals surface area contributed by atoms with E-state index in [1.807, 2.05) is 0 Å². The fourth-order valence-corrected chi connectivity index (χ4v) is 2.86. The number of esters is 1. The van der Waals surface area contributed by atoms with Crippen LogP contribution < -0.4 is 10.2 Å². The third kappa shape index (κ3) is 5.28. The molecule has 0 radical (unpaired) electrons.